The van der Waals surface area contributed by atoms with Gasteiger partial charge in [0.25, 0.3) is 0 Å². The highest BCUT2D eigenvalue weighted by Crippen LogP contribution is 2.42. The fourth-order valence-electron chi connectivity index (χ4n) is 2.97. The molecule has 0 nitrogen and oxygen atoms in total. The zero-order chi connectivity index (χ0) is 12.0. The van der Waals surface area contributed by atoms with Crippen molar-refractivity contribution in [2.24, 2.45) is 17.8 Å². The molecule has 1 unspecified atom stereocenters. The smallest absolute Gasteiger partial charge is 0.0203 e. The van der Waals surface area contributed by atoms with Gasteiger partial charge in [0, 0.05) is 0 Å². The summed E-state index contributed by atoms with van der Waals surface area (Å²) in [6.07, 6.45) is 11.4. The molecule has 1 aliphatic carbocycles. The average Bonchev–Trinajstić information content (AvgIpc) is 2.19. The first kappa shape index (κ1) is 13.8. The first-order valence-corrected chi connectivity index (χ1v) is 7.32. The van der Waals surface area contributed by atoms with Gasteiger partial charge < -0.3 is 0 Å². The van der Waals surface area contributed by atoms with Crippen LogP contribution in [-0.2, 0) is 0 Å². The van der Waals surface area contributed by atoms with Crippen LogP contribution in [0.1, 0.15) is 72.1 Å². The molecule has 0 radical (unpaired) electrons. The standard InChI is InChI=1S/C16H30/c1-5-7-8-9-14(6-2)10-15-11-16(12-15)13(3)4/h14-16H,3,5-12H2,1-2,4H3. The Labute approximate surface area is 103 Å². The van der Waals surface area contributed by atoms with E-state index in [0.29, 0.717) is 0 Å². The summed E-state index contributed by atoms with van der Waals surface area (Å²) in [5.74, 6) is 2.88. The lowest BCUT2D eigenvalue weighted by Crippen LogP contribution is -2.26. The maximum absolute atomic E-state index is 4.07. The van der Waals surface area contributed by atoms with Gasteiger partial charge in [0.05, 0.1) is 0 Å². The van der Waals surface area contributed by atoms with Crippen molar-refractivity contribution in [2.45, 2.75) is 72.1 Å². The number of allylic oxidation sites excluding steroid dienone is 1. The van der Waals surface area contributed by atoms with Gasteiger partial charge in [-0.15, -0.1) is 0 Å². The van der Waals surface area contributed by atoms with Crippen molar-refractivity contribution < 1.29 is 0 Å². The molecule has 1 saturated carbocycles. The Morgan fingerprint density at radius 1 is 1.25 bits per heavy atom. The van der Waals surface area contributed by atoms with Gasteiger partial charge in [-0.25, -0.2) is 0 Å². The van der Waals surface area contributed by atoms with Gasteiger partial charge in [0.2, 0.25) is 0 Å². The van der Waals surface area contributed by atoms with Crippen LogP contribution in [0.15, 0.2) is 12.2 Å². The van der Waals surface area contributed by atoms with E-state index in [1.54, 1.807) is 0 Å². The van der Waals surface area contributed by atoms with Crippen molar-refractivity contribution in [3.05, 3.63) is 12.2 Å². The molecular formula is C16H30. The van der Waals surface area contributed by atoms with Crippen molar-refractivity contribution in [1.82, 2.24) is 0 Å². The van der Waals surface area contributed by atoms with Crippen LogP contribution < -0.4 is 0 Å². The quantitative estimate of drug-likeness (QED) is 0.371. The topological polar surface area (TPSA) is 0 Å². The van der Waals surface area contributed by atoms with Crippen LogP contribution in [0.5, 0.6) is 0 Å². The fraction of sp³-hybridized carbons (Fsp3) is 0.875. The first-order chi connectivity index (χ1) is 7.67. The predicted octanol–water partition coefficient (Wildman–Crippen LogP) is 5.59. The number of hydrogen-bond donors (Lipinski definition) is 0. The Kier molecular flexibility index (Phi) is 6.16. The lowest BCUT2D eigenvalue weighted by Gasteiger charge is -2.38. The minimum absolute atomic E-state index is 0.859. The Morgan fingerprint density at radius 2 is 1.94 bits per heavy atom. The Balaban J connectivity index is 2.12. The van der Waals surface area contributed by atoms with E-state index < -0.39 is 0 Å². The summed E-state index contributed by atoms with van der Waals surface area (Å²) in [5.41, 5.74) is 1.41. The van der Waals surface area contributed by atoms with Crippen molar-refractivity contribution in [3.63, 3.8) is 0 Å². The van der Waals surface area contributed by atoms with Gasteiger partial charge in [-0.2, -0.15) is 0 Å². The van der Waals surface area contributed by atoms with Crippen LogP contribution in [0.25, 0.3) is 0 Å². The molecule has 0 aromatic rings. The van der Waals surface area contributed by atoms with Crippen molar-refractivity contribution in [1.29, 1.82) is 0 Å². The SMILES string of the molecule is C=C(C)C1CC(CC(CC)CCCCC)C1. The largest absolute Gasteiger partial charge is 0.0999 e. The highest BCUT2D eigenvalue weighted by Gasteiger charge is 2.30. The van der Waals surface area contributed by atoms with Crippen molar-refractivity contribution in [3.8, 4) is 0 Å². The monoisotopic (exact) mass is 222 g/mol. The highest BCUT2D eigenvalue weighted by molar-refractivity contribution is 5.02. The molecule has 0 heterocycles. The third kappa shape index (κ3) is 4.31. The molecule has 1 aliphatic rings. The van der Waals surface area contributed by atoms with Gasteiger partial charge in [-0.1, -0.05) is 58.1 Å². The van der Waals surface area contributed by atoms with E-state index in [4.69, 9.17) is 0 Å². The zero-order valence-electron chi connectivity index (χ0n) is 11.6. The number of unbranched alkanes of at least 4 members (excludes halogenated alkanes) is 2. The normalized spacial score (nSPS) is 26.2. The summed E-state index contributed by atoms with van der Waals surface area (Å²) >= 11 is 0. The average molecular weight is 222 g/mol. The second-order valence-corrected chi connectivity index (χ2v) is 5.89. The molecule has 0 heteroatoms. The maximum atomic E-state index is 4.07. The molecule has 0 N–H and O–H groups in total. The fourth-order valence-corrected chi connectivity index (χ4v) is 2.97. The van der Waals surface area contributed by atoms with E-state index in [1.807, 2.05) is 0 Å². The minimum Gasteiger partial charge on any atom is -0.0999 e. The Morgan fingerprint density at radius 3 is 2.44 bits per heavy atom. The van der Waals surface area contributed by atoms with Crippen LogP contribution in [-0.4, -0.2) is 0 Å². The van der Waals surface area contributed by atoms with E-state index >= 15 is 0 Å². The van der Waals surface area contributed by atoms with Gasteiger partial charge in [0.1, 0.15) is 0 Å². The molecule has 1 atom stereocenters. The first-order valence-electron chi connectivity index (χ1n) is 7.32. The predicted molar refractivity (Wildman–Crippen MR) is 73.6 cm³/mol. The highest BCUT2D eigenvalue weighted by atomic mass is 14.4. The molecule has 0 aliphatic heterocycles. The van der Waals surface area contributed by atoms with E-state index in [9.17, 15) is 0 Å². The molecule has 16 heavy (non-hydrogen) atoms. The summed E-state index contributed by atoms with van der Waals surface area (Å²) in [7, 11) is 0. The van der Waals surface area contributed by atoms with E-state index in [-0.39, 0.29) is 0 Å². The molecule has 1 fully saturated rings. The van der Waals surface area contributed by atoms with E-state index in [1.165, 1.54) is 56.9 Å². The van der Waals surface area contributed by atoms with Gasteiger partial charge >= 0.3 is 0 Å². The van der Waals surface area contributed by atoms with Gasteiger partial charge in [-0.05, 0) is 43.9 Å². The second kappa shape index (κ2) is 7.14. The molecule has 1 rings (SSSR count). The van der Waals surface area contributed by atoms with E-state index in [2.05, 4.69) is 27.4 Å². The maximum Gasteiger partial charge on any atom is -0.0203 e. The lowest BCUT2D eigenvalue weighted by atomic mass is 9.68. The van der Waals surface area contributed by atoms with Crippen molar-refractivity contribution in [2.75, 3.05) is 0 Å². The molecular weight excluding hydrogens is 192 g/mol. The Hall–Kier alpha value is -0.260. The third-order valence-corrected chi connectivity index (χ3v) is 4.39. The zero-order valence-corrected chi connectivity index (χ0v) is 11.6. The van der Waals surface area contributed by atoms with Crippen molar-refractivity contribution >= 4 is 0 Å². The van der Waals surface area contributed by atoms with Crippen LogP contribution in [0.4, 0.5) is 0 Å². The lowest BCUT2D eigenvalue weighted by molar-refractivity contribution is 0.178. The molecule has 0 bridgehead atoms. The van der Waals surface area contributed by atoms with Crippen LogP contribution in [0.3, 0.4) is 0 Å². The number of hydrogen-bond acceptors (Lipinski definition) is 0. The number of rotatable bonds is 8. The van der Waals surface area contributed by atoms with Crippen LogP contribution in [0.2, 0.25) is 0 Å². The summed E-state index contributed by atoms with van der Waals surface area (Å²) in [6.45, 7) is 10.9. The molecule has 0 spiro atoms. The summed E-state index contributed by atoms with van der Waals surface area (Å²) in [6, 6.07) is 0. The molecule has 0 amide bonds. The molecule has 94 valence electrons. The van der Waals surface area contributed by atoms with E-state index in [0.717, 1.165) is 17.8 Å². The second-order valence-electron chi connectivity index (χ2n) is 5.89. The molecule has 0 saturated heterocycles. The third-order valence-electron chi connectivity index (χ3n) is 4.39. The summed E-state index contributed by atoms with van der Waals surface area (Å²) in [5, 5.41) is 0. The van der Waals surface area contributed by atoms with Gasteiger partial charge in [-0.3, -0.25) is 0 Å². The van der Waals surface area contributed by atoms with Crippen LogP contribution in [0, 0.1) is 17.8 Å². The van der Waals surface area contributed by atoms with Crippen LogP contribution >= 0.6 is 0 Å². The molecule has 0 aromatic heterocycles. The summed E-state index contributed by atoms with van der Waals surface area (Å²) in [4.78, 5) is 0. The molecule has 0 aromatic carbocycles. The summed E-state index contributed by atoms with van der Waals surface area (Å²) < 4.78 is 0. The van der Waals surface area contributed by atoms with Gasteiger partial charge in [0.15, 0.2) is 0 Å². The minimum atomic E-state index is 0.859. The Bertz CT molecular complexity index is 198.